The molecule has 2 atom stereocenters. The second kappa shape index (κ2) is 6.81. The molecule has 2 aliphatic rings. The number of amides is 1. The molecule has 7 nitrogen and oxygen atoms in total. The molecule has 142 valence electrons. The predicted octanol–water partition coefficient (Wildman–Crippen LogP) is 1.80. The maximum Gasteiger partial charge on any atom is 0.314 e. The van der Waals surface area contributed by atoms with Crippen molar-refractivity contribution in [3.8, 4) is 0 Å². The van der Waals surface area contributed by atoms with Crippen LogP contribution in [0, 0.1) is 18.3 Å². The molecule has 2 aliphatic heterocycles. The molecule has 0 bridgehead atoms. The number of hydrogen-bond acceptors (Lipinski definition) is 4. The van der Waals surface area contributed by atoms with Crippen molar-refractivity contribution in [1.82, 2.24) is 14.7 Å². The lowest BCUT2D eigenvalue weighted by molar-refractivity contribution is -0.159. The molecule has 0 saturated carbocycles. The van der Waals surface area contributed by atoms with Crippen LogP contribution in [0.25, 0.3) is 0 Å². The summed E-state index contributed by atoms with van der Waals surface area (Å²) in [6, 6.07) is 7.45. The lowest BCUT2D eigenvalue weighted by Crippen LogP contribution is -2.46. The molecule has 1 N–H and O–H groups in total. The highest BCUT2D eigenvalue weighted by atomic mass is 16.5. The highest BCUT2D eigenvalue weighted by molar-refractivity contribution is 5.95. The number of carboxylic acids is 1. The zero-order valence-corrected chi connectivity index (χ0v) is 15.3. The minimum Gasteiger partial charge on any atom is -0.481 e. The Balaban J connectivity index is 1.47. The van der Waals surface area contributed by atoms with Crippen molar-refractivity contribution >= 4 is 11.9 Å². The van der Waals surface area contributed by atoms with Gasteiger partial charge in [0.2, 0.25) is 0 Å². The zero-order chi connectivity index (χ0) is 19.0. The molecule has 2 fully saturated rings. The Labute approximate surface area is 157 Å². The fourth-order valence-electron chi connectivity index (χ4n) is 4.12. The smallest absolute Gasteiger partial charge is 0.314 e. The fraction of sp³-hybridized carbons (Fsp3) is 0.450. The van der Waals surface area contributed by atoms with Crippen LogP contribution in [0.4, 0.5) is 0 Å². The van der Waals surface area contributed by atoms with Crippen LogP contribution >= 0.6 is 0 Å². The Morgan fingerprint density at radius 1 is 1.33 bits per heavy atom. The molecule has 1 amide bonds. The normalized spacial score (nSPS) is 24.6. The van der Waals surface area contributed by atoms with Gasteiger partial charge in [-0.2, -0.15) is 5.10 Å². The van der Waals surface area contributed by atoms with Gasteiger partial charge in [0.05, 0.1) is 19.3 Å². The largest absolute Gasteiger partial charge is 0.481 e. The molecular formula is C20H23N3O4. The second-order valence-corrected chi connectivity index (χ2v) is 7.60. The number of likely N-dealkylation sites (tertiary alicyclic amines) is 1. The summed E-state index contributed by atoms with van der Waals surface area (Å²) < 4.78 is 7.28. The molecule has 4 rings (SSSR count). The van der Waals surface area contributed by atoms with Crippen LogP contribution in [0.1, 0.15) is 27.9 Å². The van der Waals surface area contributed by atoms with E-state index in [2.05, 4.69) is 5.10 Å². The number of aryl methyl sites for hydroxylation is 1. The van der Waals surface area contributed by atoms with Crippen molar-refractivity contribution in [3.05, 3.63) is 53.3 Å². The molecule has 0 unspecified atom stereocenters. The minimum absolute atomic E-state index is 0.0463. The maximum atomic E-state index is 12.9. The van der Waals surface area contributed by atoms with Gasteiger partial charge in [-0.15, -0.1) is 0 Å². The van der Waals surface area contributed by atoms with E-state index in [1.54, 1.807) is 17.0 Å². The van der Waals surface area contributed by atoms with Gasteiger partial charge in [-0.1, -0.05) is 12.1 Å². The first kappa shape index (κ1) is 17.7. The van der Waals surface area contributed by atoms with Gasteiger partial charge >= 0.3 is 5.97 Å². The molecule has 7 heteroatoms. The number of fused-ring (bicyclic) bond motifs is 1. The molecule has 0 radical (unpaired) electrons. The summed E-state index contributed by atoms with van der Waals surface area (Å²) in [5.74, 6) is -1.03. The van der Waals surface area contributed by atoms with Crippen molar-refractivity contribution in [3.63, 3.8) is 0 Å². The monoisotopic (exact) mass is 369 g/mol. The molecule has 2 saturated heterocycles. The van der Waals surface area contributed by atoms with E-state index in [1.807, 2.05) is 36.1 Å². The quantitative estimate of drug-likeness (QED) is 0.888. The van der Waals surface area contributed by atoms with Gasteiger partial charge in [0.25, 0.3) is 5.91 Å². The van der Waals surface area contributed by atoms with E-state index in [0.29, 0.717) is 31.7 Å². The van der Waals surface area contributed by atoms with Crippen LogP contribution < -0.4 is 0 Å². The third-order valence-corrected chi connectivity index (χ3v) is 5.69. The van der Waals surface area contributed by atoms with Gasteiger partial charge in [0.15, 0.2) is 0 Å². The average Bonchev–Trinajstić information content (AvgIpc) is 3.26. The molecular weight excluding hydrogens is 346 g/mol. The van der Waals surface area contributed by atoms with Gasteiger partial charge in [-0.05, 0) is 42.5 Å². The standard InChI is InChI=1S/C20H23N3O4/c1-14-8-21-23(9-14)10-15-2-4-16(5-3-15)18(24)22-11-17-6-7-27-13-20(17,12-22)19(25)26/h2-5,8-9,17H,6-7,10-13H2,1H3,(H,25,26)/t17-,20+/m0/s1. The van der Waals surface area contributed by atoms with Crippen molar-refractivity contribution in [1.29, 1.82) is 0 Å². The van der Waals surface area contributed by atoms with Crippen molar-refractivity contribution in [2.75, 3.05) is 26.3 Å². The number of aromatic nitrogens is 2. The molecule has 3 heterocycles. The average molecular weight is 369 g/mol. The van der Waals surface area contributed by atoms with E-state index in [0.717, 1.165) is 11.1 Å². The third-order valence-electron chi connectivity index (χ3n) is 5.69. The number of benzene rings is 1. The molecule has 0 spiro atoms. The molecule has 0 aliphatic carbocycles. The summed E-state index contributed by atoms with van der Waals surface area (Å²) in [5.41, 5.74) is 1.77. The van der Waals surface area contributed by atoms with Crippen LogP contribution in [0.5, 0.6) is 0 Å². The second-order valence-electron chi connectivity index (χ2n) is 7.60. The van der Waals surface area contributed by atoms with E-state index in [4.69, 9.17) is 4.74 Å². The van der Waals surface area contributed by atoms with Gasteiger partial charge in [0, 0.05) is 31.5 Å². The SMILES string of the molecule is Cc1cnn(Cc2ccc(C(=O)N3C[C@@H]4CCOC[C@]4(C(=O)O)C3)cc2)c1. The first-order chi connectivity index (χ1) is 13.0. The van der Waals surface area contributed by atoms with Crippen LogP contribution in [0.3, 0.4) is 0 Å². The maximum absolute atomic E-state index is 12.9. The Morgan fingerprint density at radius 3 is 2.74 bits per heavy atom. The van der Waals surface area contributed by atoms with E-state index in [9.17, 15) is 14.7 Å². The molecule has 2 aromatic rings. The Kier molecular flexibility index (Phi) is 4.47. The molecule has 1 aromatic carbocycles. The first-order valence-corrected chi connectivity index (χ1v) is 9.16. The summed E-state index contributed by atoms with van der Waals surface area (Å²) in [4.78, 5) is 26.4. The van der Waals surface area contributed by atoms with Crippen molar-refractivity contribution < 1.29 is 19.4 Å². The van der Waals surface area contributed by atoms with Gasteiger partial charge in [-0.3, -0.25) is 14.3 Å². The topological polar surface area (TPSA) is 84.7 Å². The minimum atomic E-state index is -0.966. The van der Waals surface area contributed by atoms with E-state index in [-0.39, 0.29) is 25.0 Å². The van der Waals surface area contributed by atoms with Gasteiger partial charge < -0.3 is 14.7 Å². The highest BCUT2D eigenvalue weighted by Gasteiger charge is 2.55. The Bertz CT molecular complexity index is 860. The lowest BCUT2D eigenvalue weighted by Gasteiger charge is -2.33. The third kappa shape index (κ3) is 3.23. The van der Waals surface area contributed by atoms with E-state index < -0.39 is 11.4 Å². The summed E-state index contributed by atoms with van der Waals surface area (Å²) in [6.45, 7) is 4.06. The molecule has 1 aromatic heterocycles. The van der Waals surface area contributed by atoms with Gasteiger partial charge in [-0.25, -0.2) is 0 Å². The van der Waals surface area contributed by atoms with Crippen LogP contribution in [-0.4, -0.2) is 58.0 Å². The lowest BCUT2D eigenvalue weighted by atomic mass is 9.76. The number of ether oxygens (including phenoxy) is 1. The van der Waals surface area contributed by atoms with E-state index in [1.165, 1.54) is 0 Å². The first-order valence-electron chi connectivity index (χ1n) is 9.16. The Morgan fingerprint density at radius 2 is 2.11 bits per heavy atom. The van der Waals surface area contributed by atoms with Crippen LogP contribution in [0.15, 0.2) is 36.7 Å². The summed E-state index contributed by atoms with van der Waals surface area (Å²) in [7, 11) is 0. The van der Waals surface area contributed by atoms with Crippen molar-refractivity contribution in [2.45, 2.75) is 19.9 Å². The fourth-order valence-corrected chi connectivity index (χ4v) is 4.12. The van der Waals surface area contributed by atoms with Crippen LogP contribution in [-0.2, 0) is 16.1 Å². The number of carboxylic acid groups (broad SMARTS) is 1. The number of rotatable bonds is 4. The number of carbonyl (C=O) groups excluding carboxylic acids is 1. The summed E-state index contributed by atoms with van der Waals surface area (Å²) >= 11 is 0. The number of carbonyl (C=O) groups is 2. The van der Waals surface area contributed by atoms with E-state index >= 15 is 0 Å². The van der Waals surface area contributed by atoms with Crippen LogP contribution in [0.2, 0.25) is 0 Å². The predicted molar refractivity (Wildman–Crippen MR) is 97.4 cm³/mol. The number of aliphatic carboxylic acids is 1. The Hall–Kier alpha value is -2.67. The van der Waals surface area contributed by atoms with Gasteiger partial charge in [0.1, 0.15) is 5.41 Å². The zero-order valence-electron chi connectivity index (χ0n) is 15.3. The number of hydrogen-bond donors (Lipinski definition) is 1. The highest BCUT2D eigenvalue weighted by Crippen LogP contribution is 2.42. The molecule has 27 heavy (non-hydrogen) atoms. The summed E-state index contributed by atoms with van der Waals surface area (Å²) in [5, 5.41) is 14.0. The number of nitrogens with zero attached hydrogens (tertiary/aromatic N) is 3. The van der Waals surface area contributed by atoms with Crippen molar-refractivity contribution in [2.24, 2.45) is 11.3 Å². The summed E-state index contributed by atoms with van der Waals surface area (Å²) in [6.07, 6.45) is 4.46.